The number of nitrogens with zero attached hydrogens (tertiary/aromatic N) is 3. The van der Waals surface area contributed by atoms with Gasteiger partial charge in [-0.1, -0.05) is 41.9 Å². The molecule has 1 aromatic heterocycles. The molecule has 1 saturated heterocycles. The number of anilines is 1. The molecule has 0 saturated carbocycles. The molecule has 8 nitrogen and oxygen atoms in total. The average Bonchev–Trinajstić information content (AvgIpc) is 3.30. The quantitative estimate of drug-likeness (QED) is 0.587. The summed E-state index contributed by atoms with van der Waals surface area (Å²) in [4.78, 5) is 17.2. The van der Waals surface area contributed by atoms with Crippen molar-refractivity contribution < 1.29 is 17.7 Å². The van der Waals surface area contributed by atoms with Crippen LogP contribution >= 0.6 is 0 Å². The summed E-state index contributed by atoms with van der Waals surface area (Å²) in [6, 6.07) is 12.8. The summed E-state index contributed by atoms with van der Waals surface area (Å²) in [6.45, 7) is 6.25. The Hall–Kier alpha value is -3.04. The van der Waals surface area contributed by atoms with E-state index in [1.807, 2.05) is 38.1 Å². The molecule has 0 atom stereocenters. The number of aryl methyl sites for hydroxylation is 3. The van der Waals surface area contributed by atoms with E-state index >= 15 is 0 Å². The first-order chi connectivity index (χ1) is 15.8. The minimum Gasteiger partial charge on any atom is -0.339 e. The Morgan fingerprint density at radius 1 is 1.12 bits per heavy atom. The molecule has 33 heavy (non-hydrogen) atoms. The van der Waals surface area contributed by atoms with Crippen LogP contribution in [0.25, 0.3) is 11.4 Å². The first-order valence-corrected chi connectivity index (χ1v) is 12.5. The maximum atomic E-state index is 13.4. The second-order valence-electron chi connectivity index (χ2n) is 8.38. The second kappa shape index (κ2) is 9.44. The van der Waals surface area contributed by atoms with Crippen LogP contribution in [0.3, 0.4) is 0 Å². The van der Waals surface area contributed by atoms with Gasteiger partial charge in [0.25, 0.3) is 0 Å². The molecule has 3 aromatic rings. The number of piperidine rings is 1. The molecule has 4 rings (SSSR count). The second-order valence-corrected chi connectivity index (χ2v) is 10.3. The third-order valence-corrected chi connectivity index (χ3v) is 8.02. The van der Waals surface area contributed by atoms with Crippen LogP contribution in [0.2, 0.25) is 0 Å². The van der Waals surface area contributed by atoms with Crippen molar-refractivity contribution in [3.63, 3.8) is 0 Å². The van der Waals surface area contributed by atoms with Gasteiger partial charge in [0.2, 0.25) is 27.6 Å². The van der Waals surface area contributed by atoms with Crippen LogP contribution in [-0.2, 0) is 21.2 Å². The number of sulfonamides is 1. The standard InChI is InChI=1S/C24H28N4O4S/c1-4-22-26-23(27-32-22)19-8-7-17(3)21(15-19)33(30,31)28-13-11-18(12-14-28)24(29)25-20-9-5-16(2)6-10-20/h5-10,15,18H,4,11-14H2,1-3H3,(H,25,29). The molecule has 2 heterocycles. The topological polar surface area (TPSA) is 105 Å². The van der Waals surface area contributed by atoms with Crippen molar-refractivity contribution in [3.05, 3.63) is 59.5 Å². The summed E-state index contributed by atoms with van der Waals surface area (Å²) in [5.74, 6) is 0.575. The molecule has 0 spiro atoms. The van der Waals surface area contributed by atoms with Crippen molar-refractivity contribution in [1.29, 1.82) is 0 Å². The van der Waals surface area contributed by atoms with Gasteiger partial charge < -0.3 is 9.84 Å². The van der Waals surface area contributed by atoms with Gasteiger partial charge in [0.1, 0.15) is 0 Å². The third kappa shape index (κ3) is 4.99. The zero-order valence-corrected chi connectivity index (χ0v) is 19.9. The lowest BCUT2D eigenvalue weighted by atomic mass is 9.97. The van der Waals surface area contributed by atoms with Crippen LogP contribution in [0.5, 0.6) is 0 Å². The van der Waals surface area contributed by atoms with Crippen LogP contribution in [0.15, 0.2) is 51.9 Å². The molecule has 0 bridgehead atoms. The molecule has 1 aliphatic rings. The van der Waals surface area contributed by atoms with Gasteiger partial charge in [-0.25, -0.2) is 8.42 Å². The van der Waals surface area contributed by atoms with E-state index in [2.05, 4.69) is 15.5 Å². The van der Waals surface area contributed by atoms with Crippen molar-refractivity contribution in [2.75, 3.05) is 18.4 Å². The predicted molar refractivity (Wildman–Crippen MR) is 125 cm³/mol. The monoisotopic (exact) mass is 468 g/mol. The lowest BCUT2D eigenvalue weighted by Crippen LogP contribution is -2.41. The van der Waals surface area contributed by atoms with Crippen LogP contribution in [0.4, 0.5) is 5.69 Å². The molecule has 2 aromatic carbocycles. The van der Waals surface area contributed by atoms with Crippen LogP contribution < -0.4 is 5.32 Å². The van der Waals surface area contributed by atoms with Crippen LogP contribution in [-0.4, -0.2) is 41.9 Å². The lowest BCUT2D eigenvalue weighted by Gasteiger charge is -2.31. The van der Waals surface area contributed by atoms with Gasteiger partial charge >= 0.3 is 0 Å². The van der Waals surface area contributed by atoms with Gasteiger partial charge in [0.15, 0.2) is 0 Å². The SMILES string of the molecule is CCc1nc(-c2ccc(C)c(S(=O)(=O)N3CCC(C(=O)Nc4ccc(C)cc4)CC3)c2)no1. The lowest BCUT2D eigenvalue weighted by molar-refractivity contribution is -0.120. The maximum absolute atomic E-state index is 13.4. The highest BCUT2D eigenvalue weighted by atomic mass is 32.2. The number of amides is 1. The number of benzene rings is 2. The van der Waals surface area contributed by atoms with Crippen molar-refractivity contribution >= 4 is 21.6 Å². The summed E-state index contributed by atoms with van der Waals surface area (Å²) in [5.41, 5.74) is 3.11. The Kier molecular flexibility index (Phi) is 6.62. The molecule has 0 unspecified atom stereocenters. The van der Waals surface area contributed by atoms with E-state index in [-0.39, 0.29) is 16.7 Å². The Bertz CT molecular complexity index is 1240. The van der Waals surface area contributed by atoms with E-state index in [9.17, 15) is 13.2 Å². The van der Waals surface area contributed by atoms with Gasteiger partial charge in [-0.15, -0.1) is 0 Å². The first kappa shape index (κ1) is 23.1. The minimum absolute atomic E-state index is 0.0714. The normalized spacial score (nSPS) is 15.5. The number of rotatable bonds is 6. The van der Waals surface area contributed by atoms with Crippen LogP contribution in [0.1, 0.15) is 36.8 Å². The molecule has 1 amide bonds. The van der Waals surface area contributed by atoms with Gasteiger partial charge in [0, 0.05) is 36.7 Å². The van der Waals surface area contributed by atoms with E-state index in [0.717, 1.165) is 11.3 Å². The smallest absolute Gasteiger partial charge is 0.243 e. The Labute approximate surface area is 194 Å². The minimum atomic E-state index is -3.72. The van der Waals surface area contributed by atoms with Crippen molar-refractivity contribution in [2.45, 2.75) is 44.9 Å². The summed E-state index contributed by atoms with van der Waals surface area (Å²) in [6.07, 6.45) is 1.55. The van der Waals surface area contributed by atoms with Gasteiger partial charge in [-0.2, -0.15) is 9.29 Å². The number of aromatic nitrogens is 2. The molecule has 9 heteroatoms. The predicted octanol–water partition coefficient (Wildman–Crippen LogP) is 3.96. The third-order valence-electron chi connectivity index (χ3n) is 5.98. The highest BCUT2D eigenvalue weighted by Crippen LogP contribution is 2.29. The molecule has 1 aliphatic heterocycles. The molecular formula is C24H28N4O4S. The molecule has 0 aliphatic carbocycles. The molecule has 174 valence electrons. The summed E-state index contributed by atoms with van der Waals surface area (Å²) < 4.78 is 33.5. The fourth-order valence-electron chi connectivity index (χ4n) is 3.91. The molecular weight excluding hydrogens is 440 g/mol. The van der Waals surface area contributed by atoms with E-state index in [1.54, 1.807) is 25.1 Å². The van der Waals surface area contributed by atoms with Crippen molar-refractivity contribution in [1.82, 2.24) is 14.4 Å². The Morgan fingerprint density at radius 2 is 1.82 bits per heavy atom. The number of hydrogen-bond acceptors (Lipinski definition) is 6. The largest absolute Gasteiger partial charge is 0.339 e. The van der Waals surface area contributed by atoms with Gasteiger partial charge in [0.05, 0.1) is 4.90 Å². The maximum Gasteiger partial charge on any atom is 0.243 e. The van der Waals surface area contributed by atoms with Gasteiger partial charge in [-0.05, 0) is 50.5 Å². The fourth-order valence-corrected chi connectivity index (χ4v) is 5.63. The van der Waals surface area contributed by atoms with E-state index in [0.29, 0.717) is 55.2 Å². The zero-order chi connectivity index (χ0) is 23.6. The Balaban J connectivity index is 1.46. The van der Waals surface area contributed by atoms with Crippen molar-refractivity contribution in [3.8, 4) is 11.4 Å². The fraction of sp³-hybridized carbons (Fsp3) is 0.375. The van der Waals surface area contributed by atoms with Crippen LogP contribution in [0, 0.1) is 19.8 Å². The highest BCUT2D eigenvalue weighted by Gasteiger charge is 2.33. The molecule has 0 radical (unpaired) electrons. The average molecular weight is 469 g/mol. The number of carbonyl (C=O) groups excluding carboxylic acids is 1. The summed E-state index contributed by atoms with van der Waals surface area (Å²) >= 11 is 0. The van der Waals surface area contributed by atoms with E-state index in [4.69, 9.17) is 4.52 Å². The van der Waals surface area contributed by atoms with Gasteiger partial charge in [-0.3, -0.25) is 4.79 Å². The highest BCUT2D eigenvalue weighted by molar-refractivity contribution is 7.89. The molecule has 1 fully saturated rings. The number of nitrogens with one attached hydrogen (secondary N) is 1. The van der Waals surface area contributed by atoms with E-state index in [1.165, 1.54) is 4.31 Å². The first-order valence-electron chi connectivity index (χ1n) is 11.1. The number of hydrogen-bond donors (Lipinski definition) is 1. The molecule has 1 N–H and O–H groups in total. The summed E-state index contributed by atoms with van der Waals surface area (Å²) in [7, 11) is -3.72. The number of carbonyl (C=O) groups is 1. The zero-order valence-electron chi connectivity index (χ0n) is 19.0. The Morgan fingerprint density at radius 3 is 2.45 bits per heavy atom. The van der Waals surface area contributed by atoms with E-state index < -0.39 is 10.0 Å². The van der Waals surface area contributed by atoms with Crippen molar-refractivity contribution in [2.24, 2.45) is 5.92 Å². The summed E-state index contributed by atoms with van der Waals surface area (Å²) in [5, 5.41) is 6.89.